The quantitative estimate of drug-likeness (QED) is 0.489. The van der Waals surface area contributed by atoms with Gasteiger partial charge in [-0.3, -0.25) is 23.5 Å². The van der Waals surface area contributed by atoms with E-state index in [0.717, 1.165) is 17.2 Å². The number of aliphatic hydroxyl groups excluding tert-OH is 2. The van der Waals surface area contributed by atoms with Gasteiger partial charge in [0.05, 0.1) is 19.6 Å². The van der Waals surface area contributed by atoms with Crippen molar-refractivity contribution in [3.05, 3.63) is 42.1 Å². The molecule has 0 bridgehead atoms. The molecule has 0 saturated carbocycles. The molecule has 0 spiro atoms. The topological polar surface area (TPSA) is 132 Å². The molecule has 2 N–H and O–H groups in total. The van der Waals surface area contributed by atoms with E-state index in [-0.39, 0.29) is 12.4 Å². The first-order valence-corrected chi connectivity index (χ1v) is 10.6. The highest BCUT2D eigenvalue weighted by molar-refractivity contribution is 7.49. The number of allylic oxidation sites excluding steroid dienone is 1. The Hall–Kier alpha value is -2.21. The van der Waals surface area contributed by atoms with E-state index in [9.17, 15) is 33.1 Å². The molecular formula is C18H18F2NO9P. The third kappa shape index (κ3) is 3.91. The van der Waals surface area contributed by atoms with Crippen LogP contribution in [0.2, 0.25) is 0 Å². The number of aliphatic hydroxyl groups is 2. The lowest BCUT2D eigenvalue weighted by molar-refractivity contribution is -0.201. The summed E-state index contributed by atoms with van der Waals surface area (Å²) in [6.45, 7) is -1.34. The molecule has 1 aromatic carbocycles. The summed E-state index contributed by atoms with van der Waals surface area (Å²) in [5.41, 5.74) is -2.28. The summed E-state index contributed by atoms with van der Waals surface area (Å²) >= 11 is 0. The van der Waals surface area contributed by atoms with Gasteiger partial charge in [0.2, 0.25) is 5.91 Å². The number of benzene rings is 1. The minimum atomic E-state index is -4.34. The van der Waals surface area contributed by atoms with E-state index in [2.05, 4.69) is 0 Å². The Morgan fingerprint density at radius 3 is 2.74 bits per heavy atom. The monoisotopic (exact) mass is 461 g/mol. The number of para-hydroxylation sites is 1. The molecule has 1 amide bonds. The number of ketones is 1. The Balaban J connectivity index is 1.54. The van der Waals surface area contributed by atoms with Crippen molar-refractivity contribution >= 4 is 19.5 Å². The van der Waals surface area contributed by atoms with Crippen molar-refractivity contribution in [3.63, 3.8) is 0 Å². The number of ether oxygens (including phenoxy) is 1. The lowest BCUT2D eigenvalue weighted by Gasteiger charge is -2.33. The maximum absolute atomic E-state index is 14.0. The van der Waals surface area contributed by atoms with Crippen LogP contribution in [-0.4, -0.2) is 63.9 Å². The smallest absolute Gasteiger partial charge is 0.404 e. The summed E-state index contributed by atoms with van der Waals surface area (Å²) < 4.78 is 61.3. The van der Waals surface area contributed by atoms with Crippen LogP contribution in [0.25, 0.3) is 0 Å². The van der Waals surface area contributed by atoms with E-state index in [0.29, 0.717) is 5.56 Å². The van der Waals surface area contributed by atoms with Crippen molar-refractivity contribution < 1.29 is 51.5 Å². The fourth-order valence-electron chi connectivity index (χ4n) is 3.42. The van der Waals surface area contributed by atoms with Gasteiger partial charge >= 0.3 is 7.82 Å². The highest BCUT2D eigenvalue weighted by Crippen LogP contribution is 2.55. The lowest BCUT2D eigenvalue weighted by Crippen LogP contribution is -2.52. The van der Waals surface area contributed by atoms with Crippen LogP contribution in [0.5, 0.6) is 5.75 Å². The molecule has 1 unspecified atom stereocenters. The number of carbonyl (C=O) groups excluding carboxylic acids is 2. The molecule has 168 valence electrons. The van der Waals surface area contributed by atoms with Crippen LogP contribution in [0.4, 0.5) is 8.78 Å². The van der Waals surface area contributed by atoms with Crippen LogP contribution in [0.15, 0.2) is 36.5 Å². The van der Waals surface area contributed by atoms with Crippen molar-refractivity contribution in [2.75, 3.05) is 6.61 Å². The molecule has 3 heterocycles. The van der Waals surface area contributed by atoms with Crippen molar-refractivity contribution in [1.29, 1.82) is 0 Å². The normalized spacial score (nSPS) is 35.4. The molecule has 3 aliphatic heterocycles. The number of hydrogen-bond acceptors (Lipinski definition) is 9. The Labute approximate surface area is 174 Å². The standard InChI is InChI=1S/C18H18F2NO9P/c19-17(20)18(9-28-31(26)27-8-10-3-1-2-4-12(10)30-31)15(25)14(24)16(29-18)21-6-5-11(22)7-13(21)23/h1-6,14-17,24-25H,7-9H2/t14-,15-,16-,18-,31?/m1/s1. The number of alkyl halides is 2. The molecule has 1 fully saturated rings. The Bertz CT molecular complexity index is 973. The summed E-state index contributed by atoms with van der Waals surface area (Å²) in [6.07, 6.45) is -7.89. The zero-order chi connectivity index (χ0) is 22.4. The maximum atomic E-state index is 14.0. The molecule has 31 heavy (non-hydrogen) atoms. The summed E-state index contributed by atoms with van der Waals surface area (Å²) in [7, 11) is -4.34. The van der Waals surface area contributed by atoms with Gasteiger partial charge in [0.15, 0.2) is 17.6 Å². The first-order chi connectivity index (χ1) is 14.7. The minimum absolute atomic E-state index is 0.162. The zero-order valence-electron chi connectivity index (χ0n) is 15.8. The number of phosphoric ester groups is 1. The highest BCUT2D eigenvalue weighted by atomic mass is 31.2. The van der Waals surface area contributed by atoms with Crippen LogP contribution >= 0.6 is 7.82 Å². The van der Waals surface area contributed by atoms with E-state index in [4.69, 9.17) is 18.3 Å². The zero-order valence-corrected chi connectivity index (χ0v) is 16.7. The van der Waals surface area contributed by atoms with Gasteiger partial charge in [0.25, 0.3) is 6.43 Å². The predicted octanol–water partition coefficient (Wildman–Crippen LogP) is 1.12. The van der Waals surface area contributed by atoms with Crippen LogP contribution in [0, 0.1) is 0 Å². The molecule has 10 nitrogen and oxygen atoms in total. The van der Waals surface area contributed by atoms with E-state index >= 15 is 0 Å². The fourth-order valence-corrected chi connectivity index (χ4v) is 4.67. The molecule has 4 rings (SSSR count). The molecular weight excluding hydrogens is 443 g/mol. The first kappa shape index (κ1) is 22.0. The summed E-state index contributed by atoms with van der Waals surface area (Å²) in [6, 6.07) is 6.45. The third-order valence-electron chi connectivity index (χ3n) is 5.14. The van der Waals surface area contributed by atoms with Gasteiger partial charge in [-0.1, -0.05) is 18.2 Å². The minimum Gasteiger partial charge on any atom is -0.404 e. The average Bonchev–Trinajstić information content (AvgIpc) is 2.98. The SMILES string of the molecule is O=C1C=CN([C@@H]2O[C@@](COP3(=O)OCc4ccccc4O3)(C(F)F)[C@H](O)[C@H]2O)C(=O)C1. The second-order valence-corrected chi connectivity index (χ2v) is 8.75. The molecule has 3 aliphatic rings. The van der Waals surface area contributed by atoms with Crippen LogP contribution in [0.3, 0.4) is 0 Å². The maximum Gasteiger partial charge on any atom is 0.530 e. The molecule has 0 aliphatic carbocycles. The summed E-state index contributed by atoms with van der Waals surface area (Å²) in [4.78, 5) is 24.1. The number of amides is 1. The van der Waals surface area contributed by atoms with Gasteiger partial charge in [-0.15, -0.1) is 0 Å². The molecule has 0 aromatic heterocycles. The summed E-state index contributed by atoms with van der Waals surface area (Å²) in [5, 5.41) is 20.7. The molecule has 0 radical (unpaired) electrons. The van der Waals surface area contributed by atoms with Gasteiger partial charge in [-0.05, 0) is 12.1 Å². The number of hydrogen-bond donors (Lipinski definition) is 2. The number of halogens is 2. The predicted molar refractivity (Wildman–Crippen MR) is 96.6 cm³/mol. The van der Waals surface area contributed by atoms with E-state index in [1.165, 1.54) is 6.07 Å². The van der Waals surface area contributed by atoms with Gasteiger partial charge in [0.1, 0.15) is 18.0 Å². The van der Waals surface area contributed by atoms with Crippen LogP contribution in [0.1, 0.15) is 12.0 Å². The van der Waals surface area contributed by atoms with Crippen LogP contribution in [-0.2, 0) is 34.5 Å². The molecule has 5 atom stereocenters. The summed E-state index contributed by atoms with van der Waals surface area (Å²) in [5.74, 6) is -1.14. The first-order valence-electron chi connectivity index (χ1n) is 9.16. The lowest BCUT2D eigenvalue weighted by atomic mass is 9.96. The Morgan fingerprint density at radius 2 is 2.03 bits per heavy atom. The van der Waals surface area contributed by atoms with Crippen molar-refractivity contribution in [2.45, 2.75) is 43.5 Å². The Kier molecular flexibility index (Phi) is 5.71. The highest BCUT2D eigenvalue weighted by Gasteiger charge is 2.62. The second-order valence-electron chi connectivity index (χ2n) is 7.15. The van der Waals surface area contributed by atoms with E-state index in [1.54, 1.807) is 18.2 Å². The second kappa shape index (κ2) is 8.05. The van der Waals surface area contributed by atoms with Crippen LogP contribution < -0.4 is 4.52 Å². The number of phosphoric acid groups is 1. The van der Waals surface area contributed by atoms with E-state index in [1.807, 2.05) is 0 Å². The number of fused-ring (bicyclic) bond motifs is 1. The average molecular weight is 461 g/mol. The van der Waals surface area contributed by atoms with Gasteiger partial charge in [-0.2, -0.15) is 0 Å². The molecule has 13 heteroatoms. The Morgan fingerprint density at radius 1 is 1.29 bits per heavy atom. The fraction of sp³-hybridized carbons (Fsp3) is 0.444. The molecule has 1 saturated heterocycles. The third-order valence-corrected chi connectivity index (χ3v) is 6.45. The van der Waals surface area contributed by atoms with Crippen molar-refractivity contribution in [2.24, 2.45) is 0 Å². The van der Waals surface area contributed by atoms with Crippen molar-refractivity contribution in [3.8, 4) is 5.75 Å². The van der Waals surface area contributed by atoms with Crippen molar-refractivity contribution in [1.82, 2.24) is 4.90 Å². The van der Waals surface area contributed by atoms with Gasteiger partial charge in [0, 0.05) is 11.8 Å². The van der Waals surface area contributed by atoms with Gasteiger partial charge in [-0.25, -0.2) is 13.3 Å². The number of rotatable bonds is 5. The number of nitrogens with zero attached hydrogens (tertiary/aromatic N) is 1. The van der Waals surface area contributed by atoms with E-state index < -0.39 is 63.0 Å². The van der Waals surface area contributed by atoms with Gasteiger partial charge < -0.3 is 19.5 Å². The molecule has 1 aromatic rings. The number of carbonyl (C=O) groups is 2. The largest absolute Gasteiger partial charge is 0.530 e.